The molecule has 1 heterocycles. The number of carbonyl (C=O) groups excluding carboxylic acids is 2. The Balaban J connectivity index is 2.27. The molecule has 0 bridgehead atoms. The number of hydrogen-bond donors (Lipinski definition) is 0. The Hall–Kier alpha value is -1.66. The molecule has 0 N–H and O–H groups in total. The Morgan fingerprint density at radius 3 is 2.48 bits per heavy atom. The highest BCUT2D eigenvalue weighted by Gasteiger charge is 2.40. The van der Waals surface area contributed by atoms with Gasteiger partial charge in [-0.15, -0.1) is 0 Å². The maximum atomic E-state index is 12.7. The van der Waals surface area contributed by atoms with E-state index in [0.717, 1.165) is 18.4 Å². The molecule has 1 atom stereocenters. The number of ether oxygens (including phenoxy) is 2. The normalized spacial score (nSPS) is 19.6. The standard InChI is InChI=1S/C21H30Cl2N2O4/c1-20(2,3)29-19(27)25-11-6-9-21(14-25,10-12-28-18(26)24(4)5)15-7-8-16(22)17(23)13-15/h7-8,13H,6,9-12,14H2,1-5H3/t21-/m1/s1. The van der Waals surface area contributed by atoms with Crippen LogP contribution in [0.1, 0.15) is 45.6 Å². The summed E-state index contributed by atoms with van der Waals surface area (Å²) in [5, 5.41) is 0.938. The molecule has 1 aliphatic rings. The lowest BCUT2D eigenvalue weighted by atomic mass is 9.72. The summed E-state index contributed by atoms with van der Waals surface area (Å²) in [7, 11) is 3.28. The van der Waals surface area contributed by atoms with Gasteiger partial charge in [-0.1, -0.05) is 29.3 Å². The average molecular weight is 445 g/mol. The Labute approximate surface area is 183 Å². The zero-order valence-electron chi connectivity index (χ0n) is 17.8. The maximum absolute atomic E-state index is 12.7. The van der Waals surface area contributed by atoms with Gasteiger partial charge < -0.3 is 19.3 Å². The number of nitrogens with zero attached hydrogens (tertiary/aromatic N) is 2. The largest absolute Gasteiger partial charge is 0.449 e. The quantitative estimate of drug-likeness (QED) is 0.627. The molecule has 0 spiro atoms. The molecule has 0 radical (unpaired) electrons. The van der Waals surface area contributed by atoms with E-state index in [-0.39, 0.29) is 12.7 Å². The van der Waals surface area contributed by atoms with Crippen molar-refractivity contribution in [2.24, 2.45) is 0 Å². The van der Waals surface area contributed by atoms with E-state index in [1.54, 1.807) is 25.1 Å². The highest BCUT2D eigenvalue weighted by atomic mass is 35.5. The molecule has 0 aromatic heterocycles. The number of hydrogen-bond acceptors (Lipinski definition) is 4. The molecular weight excluding hydrogens is 415 g/mol. The van der Waals surface area contributed by atoms with E-state index in [2.05, 4.69) is 0 Å². The maximum Gasteiger partial charge on any atom is 0.410 e. The summed E-state index contributed by atoms with van der Waals surface area (Å²) in [6.07, 6.45) is 1.47. The van der Waals surface area contributed by atoms with Gasteiger partial charge in [0.1, 0.15) is 5.60 Å². The Bertz CT molecular complexity index is 749. The van der Waals surface area contributed by atoms with Crippen LogP contribution in [0.2, 0.25) is 10.0 Å². The summed E-state index contributed by atoms with van der Waals surface area (Å²) in [5.74, 6) is 0. The summed E-state index contributed by atoms with van der Waals surface area (Å²) < 4.78 is 10.9. The van der Waals surface area contributed by atoms with Crippen LogP contribution in [-0.2, 0) is 14.9 Å². The second-order valence-electron chi connectivity index (χ2n) is 8.67. The predicted octanol–water partition coefficient (Wildman–Crippen LogP) is 5.35. The zero-order valence-corrected chi connectivity index (χ0v) is 19.3. The van der Waals surface area contributed by atoms with Gasteiger partial charge in [-0.2, -0.15) is 0 Å². The number of halogens is 2. The SMILES string of the molecule is CN(C)C(=O)OCC[C@]1(c2ccc(Cl)c(Cl)c2)CCCN(C(=O)OC(C)(C)C)C1. The van der Waals surface area contributed by atoms with Crippen molar-refractivity contribution in [1.29, 1.82) is 0 Å². The average Bonchev–Trinajstić information content (AvgIpc) is 2.62. The van der Waals surface area contributed by atoms with Crippen LogP contribution in [0, 0.1) is 0 Å². The number of piperidine rings is 1. The van der Waals surface area contributed by atoms with E-state index in [1.165, 1.54) is 4.90 Å². The number of amides is 2. The van der Waals surface area contributed by atoms with Gasteiger partial charge in [0.05, 0.1) is 16.7 Å². The molecule has 0 unspecified atom stereocenters. The number of benzene rings is 1. The summed E-state index contributed by atoms with van der Waals surface area (Å²) in [4.78, 5) is 27.6. The molecule has 1 fully saturated rings. The monoisotopic (exact) mass is 444 g/mol. The molecule has 8 heteroatoms. The fourth-order valence-corrected chi connectivity index (χ4v) is 3.79. The molecule has 2 rings (SSSR count). The van der Waals surface area contributed by atoms with Crippen LogP contribution in [-0.4, -0.2) is 61.4 Å². The molecule has 0 saturated carbocycles. The van der Waals surface area contributed by atoms with E-state index in [9.17, 15) is 9.59 Å². The van der Waals surface area contributed by atoms with Gasteiger partial charge in [0, 0.05) is 32.6 Å². The molecule has 162 valence electrons. The van der Waals surface area contributed by atoms with Gasteiger partial charge >= 0.3 is 12.2 Å². The van der Waals surface area contributed by atoms with E-state index in [4.69, 9.17) is 32.7 Å². The van der Waals surface area contributed by atoms with E-state index < -0.39 is 17.1 Å². The molecule has 2 amide bonds. The summed E-state index contributed by atoms with van der Waals surface area (Å²) >= 11 is 12.4. The third-order valence-corrected chi connectivity index (χ3v) is 5.67. The molecular formula is C21H30Cl2N2O4. The first-order chi connectivity index (χ1) is 13.4. The lowest BCUT2D eigenvalue weighted by Crippen LogP contribution is -2.50. The Morgan fingerprint density at radius 1 is 1.21 bits per heavy atom. The van der Waals surface area contributed by atoms with Crippen molar-refractivity contribution in [3.63, 3.8) is 0 Å². The summed E-state index contributed by atoms with van der Waals surface area (Å²) in [5.41, 5.74) is -0.00101. The van der Waals surface area contributed by atoms with Gasteiger partial charge in [0.15, 0.2) is 0 Å². The fraction of sp³-hybridized carbons (Fsp3) is 0.619. The summed E-state index contributed by atoms with van der Waals surface area (Å²) in [6, 6.07) is 5.54. The first-order valence-corrected chi connectivity index (χ1v) is 10.5. The van der Waals surface area contributed by atoms with Crippen LogP contribution >= 0.6 is 23.2 Å². The molecule has 1 saturated heterocycles. The minimum Gasteiger partial charge on any atom is -0.449 e. The highest BCUT2D eigenvalue weighted by molar-refractivity contribution is 6.42. The third kappa shape index (κ3) is 6.41. The molecule has 0 aliphatic carbocycles. The van der Waals surface area contributed by atoms with Gasteiger partial charge in [-0.25, -0.2) is 9.59 Å². The fourth-order valence-electron chi connectivity index (χ4n) is 3.49. The van der Waals surface area contributed by atoms with Crippen LogP contribution in [0.15, 0.2) is 18.2 Å². The predicted molar refractivity (Wildman–Crippen MR) is 115 cm³/mol. The topological polar surface area (TPSA) is 59.1 Å². The van der Waals surface area contributed by atoms with Gasteiger partial charge in [0.2, 0.25) is 0 Å². The first-order valence-electron chi connectivity index (χ1n) is 9.71. The summed E-state index contributed by atoms with van der Waals surface area (Å²) in [6.45, 7) is 6.86. The first kappa shape index (κ1) is 23.6. The zero-order chi connectivity index (χ0) is 21.8. The van der Waals surface area contributed by atoms with Crippen LogP contribution in [0.3, 0.4) is 0 Å². The molecule has 1 aromatic carbocycles. The second-order valence-corrected chi connectivity index (χ2v) is 9.49. The lowest BCUT2D eigenvalue weighted by Gasteiger charge is -2.43. The van der Waals surface area contributed by atoms with Crippen molar-refractivity contribution in [1.82, 2.24) is 9.80 Å². The van der Waals surface area contributed by atoms with Crippen molar-refractivity contribution >= 4 is 35.4 Å². The minimum absolute atomic E-state index is 0.236. The van der Waals surface area contributed by atoms with Crippen LogP contribution in [0.5, 0.6) is 0 Å². The van der Waals surface area contributed by atoms with Crippen LogP contribution in [0.4, 0.5) is 9.59 Å². The number of carbonyl (C=O) groups is 2. The second kappa shape index (κ2) is 9.43. The Kier molecular flexibility index (Phi) is 7.68. The van der Waals surface area contributed by atoms with Crippen molar-refractivity contribution in [2.75, 3.05) is 33.8 Å². The smallest absolute Gasteiger partial charge is 0.410 e. The Morgan fingerprint density at radius 2 is 1.90 bits per heavy atom. The minimum atomic E-state index is -0.567. The molecule has 6 nitrogen and oxygen atoms in total. The number of likely N-dealkylation sites (tertiary alicyclic amines) is 1. The highest BCUT2D eigenvalue weighted by Crippen LogP contribution is 2.40. The lowest BCUT2D eigenvalue weighted by molar-refractivity contribution is 0.0104. The van der Waals surface area contributed by atoms with Gasteiger partial charge in [-0.3, -0.25) is 0 Å². The van der Waals surface area contributed by atoms with Gasteiger partial charge in [-0.05, 0) is 57.7 Å². The van der Waals surface area contributed by atoms with E-state index in [1.807, 2.05) is 32.9 Å². The molecule has 1 aromatic rings. The number of rotatable bonds is 4. The van der Waals surface area contributed by atoms with Crippen LogP contribution < -0.4 is 0 Å². The van der Waals surface area contributed by atoms with E-state index in [0.29, 0.717) is 29.6 Å². The molecule has 1 aliphatic heterocycles. The van der Waals surface area contributed by atoms with Crippen molar-refractivity contribution in [3.05, 3.63) is 33.8 Å². The van der Waals surface area contributed by atoms with Crippen molar-refractivity contribution in [2.45, 2.75) is 51.0 Å². The van der Waals surface area contributed by atoms with Gasteiger partial charge in [0.25, 0.3) is 0 Å². The van der Waals surface area contributed by atoms with Crippen LogP contribution in [0.25, 0.3) is 0 Å². The molecule has 29 heavy (non-hydrogen) atoms. The van der Waals surface area contributed by atoms with Crippen molar-refractivity contribution in [3.8, 4) is 0 Å². The van der Waals surface area contributed by atoms with Crippen molar-refractivity contribution < 1.29 is 19.1 Å². The third-order valence-electron chi connectivity index (χ3n) is 4.93. The van der Waals surface area contributed by atoms with E-state index >= 15 is 0 Å².